The lowest BCUT2D eigenvalue weighted by Gasteiger charge is -2.34. The molecule has 1 aromatic carbocycles. The average molecular weight is 433 g/mol. The van der Waals surface area contributed by atoms with Crippen molar-refractivity contribution in [1.29, 1.82) is 0 Å². The number of benzene rings is 1. The molecule has 31 heavy (non-hydrogen) atoms. The van der Waals surface area contributed by atoms with E-state index >= 15 is 0 Å². The largest absolute Gasteiger partial charge is 0.459 e. The second kappa shape index (κ2) is 8.37. The molecule has 0 aliphatic carbocycles. The van der Waals surface area contributed by atoms with Gasteiger partial charge in [0.15, 0.2) is 5.76 Å². The molecule has 0 atom stereocenters. The predicted molar refractivity (Wildman–Crippen MR) is 120 cm³/mol. The lowest BCUT2D eigenvalue weighted by atomic mass is 10.1. The van der Waals surface area contributed by atoms with E-state index in [1.54, 1.807) is 29.4 Å². The maximum Gasteiger partial charge on any atom is 0.289 e. The number of furan rings is 1. The summed E-state index contributed by atoms with van der Waals surface area (Å²) in [4.78, 5) is 31.0. The van der Waals surface area contributed by atoms with Crippen molar-refractivity contribution in [1.82, 2.24) is 19.9 Å². The molecule has 1 aliphatic heterocycles. The fourth-order valence-corrected chi connectivity index (χ4v) is 3.99. The van der Waals surface area contributed by atoms with Crippen LogP contribution >= 0.6 is 11.9 Å². The van der Waals surface area contributed by atoms with E-state index in [0.717, 1.165) is 32.9 Å². The number of fused-ring (bicyclic) bond motifs is 1. The fraction of sp³-hybridized carbons (Fsp3) is 0.182. The van der Waals surface area contributed by atoms with Gasteiger partial charge < -0.3 is 14.2 Å². The standard InChI is InChI=1S/C22H20N6O2S/c23-31-17-10-16(12-24-13-17)15-3-4-18-19(11-15)26-21(14-25-18)27-5-7-28(8-6-27)22(29)20-2-1-9-30-20/h1-4,9-14H,5-8,23H2. The molecule has 0 radical (unpaired) electrons. The summed E-state index contributed by atoms with van der Waals surface area (Å²) in [6, 6.07) is 11.4. The minimum absolute atomic E-state index is 0.0784. The van der Waals surface area contributed by atoms with Gasteiger partial charge in [-0.05, 0) is 47.8 Å². The third-order valence-corrected chi connectivity index (χ3v) is 5.83. The maximum atomic E-state index is 12.5. The summed E-state index contributed by atoms with van der Waals surface area (Å²) in [5, 5.41) is 5.66. The van der Waals surface area contributed by atoms with Crippen molar-refractivity contribution >= 4 is 34.7 Å². The number of nitrogens with two attached hydrogens (primary N) is 1. The molecule has 9 heteroatoms. The normalized spacial score (nSPS) is 14.2. The summed E-state index contributed by atoms with van der Waals surface area (Å²) in [7, 11) is 0. The van der Waals surface area contributed by atoms with E-state index in [4.69, 9.17) is 14.5 Å². The topological polar surface area (TPSA) is 101 Å². The Hall–Kier alpha value is -3.43. The number of amides is 1. The van der Waals surface area contributed by atoms with E-state index in [2.05, 4.69) is 14.9 Å². The molecule has 0 bridgehead atoms. The zero-order chi connectivity index (χ0) is 21.2. The Labute approximate surface area is 183 Å². The Kier molecular flexibility index (Phi) is 5.27. The molecular formula is C22H20N6O2S. The molecule has 0 unspecified atom stereocenters. The van der Waals surface area contributed by atoms with Gasteiger partial charge in [0.1, 0.15) is 5.82 Å². The zero-order valence-electron chi connectivity index (χ0n) is 16.6. The molecular weight excluding hydrogens is 412 g/mol. The SMILES string of the molecule is NSc1cncc(-c2ccc3ncc(N4CCN(C(=O)c5ccco5)CC4)nc3c2)c1. The Morgan fingerprint density at radius 3 is 2.65 bits per heavy atom. The summed E-state index contributed by atoms with van der Waals surface area (Å²) in [5.74, 6) is 1.10. The molecule has 5 rings (SSSR count). The van der Waals surface area contributed by atoms with Gasteiger partial charge in [0.05, 0.1) is 23.5 Å². The quantitative estimate of drug-likeness (QED) is 0.491. The van der Waals surface area contributed by atoms with Crippen LogP contribution in [0.15, 0.2) is 70.6 Å². The van der Waals surface area contributed by atoms with Gasteiger partial charge >= 0.3 is 0 Å². The van der Waals surface area contributed by atoms with Crippen molar-refractivity contribution in [3.05, 3.63) is 67.0 Å². The lowest BCUT2D eigenvalue weighted by molar-refractivity contribution is 0.0714. The van der Waals surface area contributed by atoms with Gasteiger partial charge in [0, 0.05) is 49.0 Å². The van der Waals surface area contributed by atoms with Gasteiger partial charge in [0.2, 0.25) is 0 Å². The third kappa shape index (κ3) is 3.97. The van der Waals surface area contributed by atoms with E-state index in [0.29, 0.717) is 31.9 Å². The van der Waals surface area contributed by atoms with Crippen LogP contribution in [0, 0.1) is 0 Å². The summed E-state index contributed by atoms with van der Waals surface area (Å²) in [6.45, 7) is 2.58. The molecule has 2 N–H and O–H groups in total. The highest BCUT2D eigenvalue weighted by Gasteiger charge is 2.24. The van der Waals surface area contributed by atoms with E-state index in [1.165, 1.54) is 18.2 Å². The van der Waals surface area contributed by atoms with E-state index < -0.39 is 0 Å². The monoisotopic (exact) mass is 432 g/mol. The van der Waals surface area contributed by atoms with Crippen molar-refractivity contribution in [2.24, 2.45) is 5.14 Å². The van der Waals surface area contributed by atoms with Gasteiger partial charge in [0.25, 0.3) is 5.91 Å². The molecule has 1 fully saturated rings. The summed E-state index contributed by atoms with van der Waals surface area (Å²) < 4.78 is 5.23. The van der Waals surface area contributed by atoms with Crippen LogP contribution < -0.4 is 10.0 Å². The number of carbonyl (C=O) groups excluding carboxylic acids is 1. The maximum absolute atomic E-state index is 12.5. The highest BCUT2D eigenvalue weighted by atomic mass is 32.2. The second-order valence-electron chi connectivity index (χ2n) is 7.22. The highest BCUT2D eigenvalue weighted by molar-refractivity contribution is 7.97. The minimum atomic E-state index is -0.0784. The molecule has 0 spiro atoms. The van der Waals surface area contributed by atoms with Crippen LogP contribution in [0.4, 0.5) is 5.82 Å². The van der Waals surface area contributed by atoms with Gasteiger partial charge in [-0.25, -0.2) is 4.98 Å². The third-order valence-electron chi connectivity index (χ3n) is 5.33. The van der Waals surface area contributed by atoms with Crippen LogP contribution in [0.5, 0.6) is 0 Å². The van der Waals surface area contributed by atoms with Gasteiger partial charge in [-0.15, -0.1) is 0 Å². The first-order chi connectivity index (χ1) is 15.2. The van der Waals surface area contributed by atoms with E-state index in [9.17, 15) is 4.79 Å². The number of hydrogen-bond donors (Lipinski definition) is 1. The van der Waals surface area contributed by atoms with E-state index in [-0.39, 0.29) is 5.91 Å². The first kappa shape index (κ1) is 19.5. The summed E-state index contributed by atoms with van der Waals surface area (Å²) in [5.41, 5.74) is 3.64. The Morgan fingerprint density at radius 2 is 1.87 bits per heavy atom. The first-order valence-corrected chi connectivity index (χ1v) is 10.8. The first-order valence-electron chi connectivity index (χ1n) is 9.88. The number of aromatic nitrogens is 3. The van der Waals surface area contributed by atoms with Gasteiger partial charge in [-0.2, -0.15) is 0 Å². The van der Waals surface area contributed by atoms with Crippen molar-refractivity contribution in [2.45, 2.75) is 4.90 Å². The Bertz CT molecular complexity index is 1220. The molecule has 8 nitrogen and oxygen atoms in total. The van der Waals surface area contributed by atoms with Crippen LogP contribution in [0.2, 0.25) is 0 Å². The second-order valence-corrected chi connectivity index (χ2v) is 7.92. The van der Waals surface area contributed by atoms with Crippen molar-refractivity contribution < 1.29 is 9.21 Å². The highest BCUT2D eigenvalue weighted by Crippen LogP contribution is 2.26. The Balaban J connectivity index is 1.35. The summed E-state index contributed by atoms with van der Waals surface area (Å²) >= 11 is 1.17. The number of anilines is 1. The van der Waals surface area contributed by atoms with Crippen molar-refractivity contribution in [2.75, 3.05) is 31.1 Å². The van der Waals surface area contributed by atoms with Gasteiger partial charge in [-0.3, -0.25) is 19.9 Å². The number of pyridine rings is 1. The van der Waals surface area contributed by atoms with Gasteiger partial charge in [-0.1, -0.05) is 6.07 Å². The number of carbonyl (C=O) groups is 1. The lowest BCUT2D eigenvalue weighted by Crippen LogP contribution is -2.49. The molecule has 1 saturated heterocycles. The van der Waals surface area contributed by atoms with Crippen molar-refractivity contribution in [3.63, 3.8) is 0 Å². The summed E-state index contributed by atoms with van der Waals surface area (Å²) in [6.07, 6.45) is 6.86. The average Bonchev–Trinajstić information content (AvgIpc) is 3.38. The number of hydrogen-bond acceptors (Lipinski definition) is 8. The predicted octanol–water partition coefficient (Wildman–Crippen LogP) is 3.21. The molecule has 0 saturated carbocycles. The molecule has 156 valence electrons. The zero-order valence-corrected chi connectivity index (χ0v) is 17.5. The fourth-order valence-electron chi connectivity index (χ4n) is 3.67. The number of piperazine rings is 1. The Morgan fingerprint density at radius 1 is 1.00 bits per heavy atom. The van der Waals surface area contributed by atoms with E-state index in [1.807, 2.05) is 30.5 Å². The number of rotatable bonds is 4. The minimum Gasteiger partial charge on any atom is -0.459 e. The van der Waals surface area contributed by atoms with Crippen LogP contribution in [0.3, 0.4) is 0 Å². The molecule has 1 aliphatic rings. The van der Waals surface area contributed by atoms with Crippen LogP contribution in [-0.2, 0) is 0 Å². The molecule has 3 aromatic heterocycles. The van der Waals surface area contributed by atoms with Crippen LogP contribution in [0.25, 0.3) is 22.2 Å². The molecule has 4 heterocycles. The smallest absolute Gasteiger partial charge is 0.289 e. The van der Waals surface area contributed by atoms with Crippen molar-refractivity contribution in [3.8, 4) is 11.1 Å². The number of nitrogens with zero attached hydrogens (tertiary/aromatic N) is 5. The molecule has 4 aromatic rings. The van der Waals surface area contributed by atoms with Crippen LogP contribution in [-0.4, -0.2) is 51.9 Å². The molecule has 1 amide bonds. The van der Waals surface area contributed by atoms with Crippen LogP contribution in [0.1, 0.15) is 10.6 Å².